The standard InChI is InChI=1S/C32H33NO4.H2/c1-21-6-7-23(17-30(34)32(14-15-32)26-12-13-28-29(18-26)37-20-36-28)16-27(21)24-10-8-22(9-11-24)19-33-31(35)25-4-2-3-5-25;/h6-13,16,18,25H,2-5,14-15,17,19-20H2,1H3,(H,33,35);1H. The van der Waals surface area contributed by atoms with Gasteiger partial charge in [-0.15, -0.1) is 0 Å². The lowest BCUT2D eigenvalue weighted by Gasteiger charge is -2.16. The van der Waals surface area contributed by atoms with Crippen molar-refractivity contribution in [1.29, 1.82) is 0 Å². The van der Waals surface area contributed by atoms with Crippen LogP contribution in [0.5, 0.6) is 11.5 Å². The van der Waals surface area contributed by atoms with E-state index in [1.54, 1.807) is 0 Å². The van der Waals surface area contributed by atoms with E-state index < -0.39 is 5.41 Å². The minimum Gasteiger partial charge on any atom is -0.454 e. The lowest BCUT2D eigenvalue weighted by atomic mass is 9.87. The molecule has 0 bridgehead atoms. The summed E-state index contributed by atoms with van der Waals surface area (Å²) in [5.41, 5.74) is 6.19. The number of amides is 1. The molecule has 3 aromatic rings. The first-order chi connectivity index (χ1) is 18.0. The quantitative estimate of drug-likeness (QED) is 0.397. The smallest absolute Gasteiger partial charge is 0.231 e. The van der Waals surface area contributed by atoms with Crippen molar-refractivity contribution >= 4 is 11.7 Å². The third-order valence-corrected chi connectivity index (χ3v) is 8.33. The zero-order valence-corrected chi connectivity index (χ0v) is 21.3. The van der Waals surface area contributed by atoms with Gasteiger partial charge in [-0.25, -0.2) is 0 Å². The van der Waals surface area contributed by atoms with Gasteiger partial charge in [0.25, 0.3) is 0 Å². The molecular formula is C32H35NO4. The van der Waals surface area contributed by atoms with Gasteiger partial charge in [0.2, 0.25) is 12.7 Å². The third-order valence-electron chi connectivity index (χ3n) is 8.33. The van der Waals surface area contributed by atoms with Gasteiger partial charge < -0.3 is 14.8 Å². The zero-order chi connectivity index (χ0) is 25.4. The summed E-state index contributed by atoms with van der Waals surface area (Å²) in [5, 5.41) is 3.10. The van der Waals surface area contributed by atoms with Crippen molar-refractivity contribution in [3.63, 3.8) is 0 Å². The molecule has 0 saturated heterocycles. The topological polar surface area (TPSA) is 64.6 Å². The van der Waals surface area contributed by atoms with Crippen molar-refractivity contribution in [2.24, 2.45) is 5.92 Å². The van der Waals surface area contributed by atoms with Crippen molar-refractivity contribution < 1.29 is 20.5 Å². The number of benzene rings is 3. The van der Waals surface area contributed by atoms with Crippen LogP contribution < -0.4 is 14.8 Å². The van der Waals surface area contributed by atoms with Crippen molar-refractivity contribution in [3.05, 3.63) is 82.9 Å². The zero-order valence-electron chi connectivity index (χ0n) is 21.3. The van der Waals surface area contributed by atoms with Crippen LogP contribution in [-0.4, -0.2) is 18.5 Å². The third kappa shape index (κ3) is 4.75. The monoisotopic (exact) mass is 497 g/mol. The van der Waals surface area contributed by atoms with E-state index in [1.165, 1.54) is 5.56 Å². The van der Waals surface area contributed by atoms with E-state index in [1.807, 2.05) is 18.2 Å². The van der Waals surface area contributed by atoms with E-state index in [0.717, 1.165) is 77.8 Å². The molecule has 0 unspecified atom stereocenters. The van der Waals surface area contributed by atoms with Crippen LogP contribution in [0.25, 0.3) is 11.1 Å². The second-order valence-corrected chi connectivity index (χ2v) is 10.8. The molecule has 2 aliphatic carbocycles. The molecule has 3 aromatic carbocycles. The van der Waals surface area contributed by atoms with Crippen molar-refractivity contribution in [2.45, 2.75) is 63.8 Å². The molecule has 5 nitrogen and oxygen atoms in total. The van der Waals surface area contributed by atoms with Crippen LogP contribution in [0, 0.1) is 12.8 Å². The maximum atomic E-state index is 13.5. The van der Waals surface area contributed by atoms with E-state index in [4.69, 9.17) is 9.47 Å². The van der Waals surface area contributed by atoms with E-state index in [9.17, 15) is 9.59 Å². The van der Waals surface area contributed by atoms with Gasteiger partial charge in [0.15, 0.2) is 11.5 Å². The fourth-order valence-corrected chi connectivity index (χ4v) is 5.82. The van der Waals surface area contributed by atoms with E-state index >= 15 is 0 Å². The lowest BCUT2D eigenvalue weighted by molar-refractivity contribution is -0.125. The highest BCUT2D eigenvalue weighted by molar-refractivity contribution is 5.95. The fraction of sp³-hybridized carbons (Fsp3) is 0.375. The molecule has 6 rings (SSSR count). The van der Waals surface area contributed by atoms with Crippen LogP contribution >= 0.6 is 0 Å². The molecule has 1 amide bonds. The Morgan fingerprint density at radius 3 is 2.41 bits per heavy atom. The summed E-state index contributed by atoms with van der Waals surface area (Å²) in [7, 11) is 0. The number of hydrogen-bond donors (Lipinski definition) is 1. The van der Waals surface area contributed by atoms with E-state index in [2.05, 4.69) is 54.7 Å². The highest BCUT2D eigenvalue weighted by Crippen LogP contribution is 2.51. The minimum absolute atomic E-state index is 0. The maximum Gasteiger partial charge on any atom is 0.231 e. The largest absolute Gasteiger partial charge is 0.454 e. The van der Waals surface area contributed by atoms with Gasteiger partial charge in [-0.3, -0.25) is 9.59 Å². The van der Waals surface area contributed by atoms with Gasteiger partial charge in [0.05, 0.1) is 5.41 Å². The van der Waals surface area contributed by atoms with Crippen LogP contribution in [0.1, 0.15) is 62.2 Å². The second kappa shape index (κ2) is 9.70. The summed E-state index contributed by atoms with van der Waals surface area (Å²) < 4.78 is 11.0. The van der Waals surface area contributed by atoms with Crippen LogP contribution in [-0.2, 0) is 28.0 Å². The first-order valence-corrected chi connectivity index (χ1v) is 13.4. The van der Waals surface area contributed by atoms with Gasteiger partial charge in [-0.2, -0.15) is 0 Å². The van der Waals surface area contributed by atoms with Crippen LogP contribution in [0.2, 0.25) is 0 Å². The number of fused-ring (bicyclic) bond motifs is 1. The first kappa shape index (κ1) is 23.8. The normalized spacial score (nSPS) is 17.5. The Morgan fingerprint density at radius 1 is 0.919 bits per heavy atom. The van der Waals surface area contributed by atoms with Gasteiger partial charge in [-0.05, 0) is 78.1 Å². The summed E-state index contributed by atoms with van der Waals surface area (Å²) in [5.74, 6) is 2.11. The number of rotatable bonds is 8. The molecule has 2 saturated carbocycles. The molecule has 1 heterocycles. The molecule has 1 aliphatic heterocycles. The molecule has 0 spiro atoms. The molecule has 0 atom stereocenters. The molecule has 5 heteroatoms. The Morgan fingerprint density at radius 2 is 1.65 bits per heavy atom. The van der Waals surface area contributed by atoms with Crippen molar-refractivity contribution in [1.82, 2.24) is 5.32 Å². The van der Waals surface area contributed by atoms with Crippen LogP contribution in [0.4, 0.5) is 0 Å². The summed E-state index contributed by atoms with van der Waals surface area (Å²) in [6.45, 7) is 2.90. The Hall–Kier alpha value is -3.60. The molecule has 2 fully saturated rings. The van der Waals surface area contributed by atoms with Gasteiger partial charge in [0, 0.05) is 20.3 Å². The number of ether oxygens (including phenoxy) is 2. The number of hydrogen-bond acceptors (Lipinski definition) is 4. The molecule has 37 heavy (non-hydrogen) atoms. The number of ketones is 1. The number of aryl methyl sites for hydroxylation is 1. The average molecular weight is 498 g/mol. The fourth-order valence-electron chi connectivity index (χ4n) is 5.82. The Balaban J connectivity index is 0.00000294. The van der Waals surface area contributed by atoms with Crippen LogP contribution in [0.3, 0.4) is 0 Å². The van der Waals surface area contributed by atoms with Gasteiger partial charge in [-0.1, -0.05) is 61.4 Å². The minimum atomic E-state index is -0.406. The molecule has 0 radical (unpaired) electrons. The lowest BCUT2D eigenvalue weighted by Crippen LogP contribution is -2.28. The number of nitrogens with one attached hydrogen (secondary N) is 1. The highest BCUT2D eigenvalue weighted by atomic mass is 16.7. The highest BCUT2D eigenvalue weighted by Gasteiger charge is 2.50. The average Bonchev–Trinajstić information content (AvgIpc) is 3.31. The molecule has 192 valence electrons. The van der Waals surface area contributed by atoms with Crippen LogP contribution in [0.15, 0.2) is 60.7 Å². The Labute approximate surface area is 219 Å². The van der Waals surface area contributed by atoms with E-state index in [0.29, 0.717) is 13.0 Å². The summed E-state index contributed by atoms with van der Waals surface area (Å²) >= 11 is 0. The maximum absolute atomic E-state index is 13.5. The SMILES string of the molecule is Cc1ccc(CC(=O)C2(c3ccc4c(c3)OCO4)CC2)cc1-c1ccc(CNC(=O)C2CCCC2)cc1.[HH]. The predicted molar refractivity (Wildman–Crippen MR) is 145 cm³/mol. The molecule has 1 N–H and O–H groups in total. The summed E-state index contributed by atoms with van der Waals surface area (Å²) in [6.07, 6.45) is 6.52. The number of carbonyl (C=O) groups excluding carboxylic acids is 2. The van der Waals surface area contributed by atoms with Crippen molar-refractivity contribution in [3.8, 4) is 22.6 Å². The molecule has 0 aromatic heterocycles. The number of carbonyl (C=O) groups is 2. The molecule has 3 aliphatic rings. The summed E-state index contributed by atoms with van der Waals surface area (Å²) in [6, 6.07) is 20.6. The predicted octanol–water partition coefficient (Wildman–Crippen LogP) is 6.29. The Kier molecular flexibility index (Phi) is 6.23. The Bertz CT molecular complexity index is 1340. The number of Topliss-reactive ketones (excluding diaryl/α,β-unsaturated/α-hetero) is 1. The summed E-state index contributed by atoms with van der Waals surface area (Å²) in [4.78, 5) is 25.8. The van der Waals surface area contributed by atoms with Crippen molar-refractivity contribution in [2.75, 3.05) is 6.79 Å². The first-order valence-electron chi connectivity index (χ1n) is 13.4. The second-order valence-electron chi connectivity index (χ2n) is 10.8. The van der Waals surface area contributed by atoms with Gasteiger partial charge in [0.1, 0.15) is 5.78 Å². The molecular weight excluding hydrogens is 462 g/mol. The van der Waals surface area contributed by atoms with E-state index in [-0.39, 0.29) is 25.8 Å². The van der Waals surface area contributed by atoms with Gasteiger partial charge >= 0.3 is 0 Å².